The first kappa shape index (κ1) is 16.1. The average Bonchev–Trinajstić information content (AvgIpc) is 2.37. The van der Waals surface area contributed by atoms with Gasteiger partial charge in [-0.3, -0.25) is 0 Å². The van der Waals surface area contributed by atoms with Gasteiger partial charge >= 0.3 is 0 Å². The minimum Gasteiger partial charge on any atom is -0.330 e. The predicted octanol–water partition coefficient (Wildman–Crippen LogP) is 2.84. The summed E-state index contributed by atoms with van der Waals surface area (Å²) >= 11 is 0. The van der Waals surface area contributed by atoms with Crippen molar-refractivity contribution in [2.24, 2.45) is 17.6 Å². The first-order chi connectivity index (χ1) is 8.93. The van der Waals surface area contributed by atoms with Crippen LogP contribution in [0.15, 0.2) is 18.2 Å². The molecule has 0 amide bonds. The van der Waals surface area contributed by atoms with Gasteiger partial charge in [0.2, 0.25) is 0 Å². The van der Waals surface area contributed by atoms with Crippen molar-refractivity contribution in [1.82, 2.24) is 4.90 Å². The van der Waals surface area contributed by atoms with Crippen molar-refractivity contribution in [3.63, 3.8) is 0 Å². The highest BCUT2D eigenvalue weighted by Crippen LogP contribution is 2.12. The summed E-state index contributed by atoms with van der Waals surface area (Å²) in [6, 6.07) is 5.37. The second-order valence-corrected chi connectivity index (χ2v) is 5.84. The van der Waals surface area contributed by atoms with Crippen LogP contribution < -0.4 is 5.73 Å². The molecule has 0 saturated heterocycles. The Balaban J connectivity index is 2.45. The third kappa shape index (κ3) is 5.29. The van der Waals surface area contributed by atoms with E-state index in [9.17, 15) is 4.39 Å². The van der Waals surface area contributed by atoms with E-state index in [0.717, 1.165) is 31.6 Å². The fraction of sp³-hybridized carbons (Fsp3) is 0.625. The third-order valence-corrected chi connectivity index (χ3v) is 3.80. The molecule has 1 aromatic rings. The van der Waals surface area contributed by atoms with Crippen LogP contribution in [0.5, 0.6) is 0 Å². The molecule has 1 aromatic carbocycles. The number of hydrogen-bond donors (Lipinski definition) is 1. The third-order valence-electron chi connectivity index (χ3n) is 3.80. The molecule has 0 aromatic heterocycles. The standard InChI is InChI=1S/C16H27FN2/c1-12(2)15(10-18)11-19(4)8-7-14-5-6-16(17)13(3)9-14/h5-6,9,12,15H,7-8,10-11,18H2,1-4H3. The van der Waals surface area contributed by atoms with E-state index in [2.05, 4.69) is 25.8 Å². The number of likely N-dealkylation sites (N-methyl/N-ethyl adjacent to an activating group) is 1. The van der Waals surface area contributed by atoms with Crippen LogP contribution in [0.3, 0.4) is 0 Å². The van der Waals surface area contributed by atoms with Crippen molar-refractivity contribution >= 4 is 0 Å². The minimum atomic E-state index is -0.125. The number of nitrogens with zero attached hydrogens (tertiary/aromatic N) is 1. The minimum absolute atomic E-state index is 0.125. The van der Waals surface area contributed by atoms with Crippen LogP contribution in [0.25, 0.3) is 0 Å². The number of halogens is 1. The van der Waals surface area contributed by atoms with E-state index >= 15 is 0 Å². The SMILES string of the molecule is Cc1cc(CCN(C)CC(CN)C(C)C)ccc1F. The first-order valence-corrected chi connectivity index (χ1v) is 7.07. The Labute approximate surface area is 116 Å². The van der Waals surface area contributed by atoms with Gasteiger partial charge in [-0.1, -0.05) is 26.0 Å². The molecule has 0 saturated carbocycles. The predicted molar refractivity (Wildman–Crippen MR) is 79.7 cm³/mol. The summed E-state index contributed by atoms with van der Waals surface area (Å²) in [5.74, 6) is 1.03. The Morgan fingerprint density at radius 1 is 1.32 bits per heavy atom. The molecule has 19 heavy (non-hydrogen) atoms. The molecule has 0 fully saturated rings. The van der Waals surface area contributed by atoms with Gasteiger partial charge in [0.25, 0.3) is 0 Å². The van der Waals surface area contributed by atoms with Crippen molar-refractivity contribution < 1.29 is 4.39 Å². The van der Waals surface area contributed by atoms with E-state index in [4.69, 9.17) is 5.73 Å². The molecule has 1 atom stereocenters. The van der Waals surface area contributed by atoms with Gasteiger partial charge in [0.15, 0.2) is 0 Å². The van der Waals surface area contributed by atoms with Crippen molar-refractivity contribution in [2.75, 3.05) is 26.7 Å². The second kappa shape index (κ2) is 7.61. The van der Waals surface area contributed by atoms with Gasteiger partial charge in [0, 0.05) is 13.1 Å². The van der Waals surface area contributed by atoms with E-state index in [1.165, 1.54) is 5.56 Å². The maximum Gasteiger partial charge on any atom is 0.126 e. The molecule has 0 bridgehead atoms. The van der Waals surface area contributed by atoms with Gasteiger partial charge in [0.1, 0.15) is 5.82 Å². The summed E-state index contributed by atoms with van der Waals surface area (Å²) in [5.41, 5.74) is 7.72. The lowest BCUT2D eigenvalue weighted by Gasteiger charge is -2.25. The number of aryl methyl sites for hydroxylation is 1. The zero-order valence-corrected chi connectivity index (χ0v) is 12.6. The van der Waals surface area contributed by atoms with Crippen molar-refractivity contribution in [2.45, 2.75) is 27.2 Å². The van der Waals surface area contributed by atoms with Crippen LogP contribution in [-0.4, -0.2) is 31.6 Å². The molecule has 2 N–H and O–H groups in total. The average molecular weight is 266 g/mol. The van der Waals surface area contributed by atoms with Crippen LogP contribution in [0.1, 0.15) is 25.0 Å². The molecule has 3 heteroatoms. The number of nitrogens with two attached hydrogens (primary N) is 1. The summed E-state index contributed by atoms with van der Waals surface area (Å²) < 4.78 is 13.2. The lowest BCUT2D eigenvalue weighted by Crippen LogP contribution is -2.34. The normalized spacial score (nSPS) is 13.3. The lowest BCUT2D eigenvalue weighted by molar-refractivity contribution is 0.242. The first-order valence-electron chi connectivity index (χ1n) is 7.07. The molecular formula is C16H27FN2. The lowest BCUT2D eigenvalue weighted by atomic mass is 9.95. The zero-order valence-electron chi connectivity index (χ0n) is 12.6. The highest BCUT2D eigenvalue weighted by molar-refractivity contribution is 5.24. The topological polar surface area (TPSA) is 29.3 Å². The van der Waals surface area contributed by atoms with Crippen LogP contribution in [0.2, 0.25) is 0 Å². The van der Waals surface area contributed by atoms with E-state index in [1.807, 2.05) is 19.1 Å². The summed E-state index contributed by atoms with van der Waals surface area (Å²) in [5, 5.41) is 0. The Bertz CT molecular complexity index is 390. The molecule has 0 radical (unpaired) electrons. The zero-order chi connectivity index (χ0) is 14.4. The van der Waals surface area contributed by atoms with E-state index < -0.39 is 0 Å². The maximum absolute atomic E-state index is 13.2. The summed E-state index contributed by atoms with van der Waals surface area (Å²) in [7, 11) is 2.13. The van der Waals surface area contributed by atoms with Crippen molar-refractivity contribution in [3.8, 4) is 0 Å². The van der Waals surface area contributed by atoms with E-state index in [-0.39, 0.29) is 5.82 Å². The van der Waals surface area contributed by atoms with Gasteiger partial charge in [-0.05, 0) is 56.0 Å². The van der Waals surface area contributed by atoms with Crippen molar-refractivity contribution in [1.29, 1.82) is 0 Å². The molecule has 0 aliphatic heterocycles. The summed E-state index contributed by atoms with van der Waals surface area (Å²) in [4.78, 5) is 2.32. The largest absolute Gasteiger partial charge is 0.330 e. The molecule has 2 nitrogen and oxygen atoms in total. The smallest absolute Gasteiger partial charge is 0.126 e. The van der Waals surface area contributed by atoms with Crippen molar-refractivity contribution in [3.05, 3.63) is 35.1 Å². The summed E-state index contributed by atoms with van der Waals surface area (Å²) in [6.07, 6.45) is 0.951. The molecular weight excluding hydrogens is 239 g/mol. The molecule has 0 heterocycles. The number of rotatable bonds is 7. The fourth-order valence-corrected chi connectivity index (χ4v) is 2.23. The molecule has 0 aliphatic rings. The van der Waals surface area contributed by atoms with Crippen LogP contribution in [0.4, 0.5) is 4.39 Å². The van der Waals surface area contributed by atoms with Crippen LogP contribution in [0, 0.1) is 24.6 Å². The fourth-order valence-electron chi connectivity index (χ4n) is 2.23. The Morgan fingerprint density at radius 3 is 2.53 bits per heavy atom. The monoisotopic (exact) mass is 266 g/mol. The van der Waals surface area contributed by atoms with Gasteiger partial charge in [-0.15, -0.1) is 0 Å². The molecule has 108 valence electrons. The number of benzene rings is 1. The number of hydrogen-bond acceptors (Lipinski definition) is 2. The Morgan fingerprint density at radius 2 is 2.00 bits per heavy atom. The highest BCUT2D eigenvalue weighted by atomic mass is 19.1. The maximum atomic E-state index is 13.2. The van der Waals surface area contributed by atoms with E-state index in [0.29, 0.717) is 11.8 Å². The Hall–Kier alpha value is -0.930. The van der Waals surface area contributed by atoms with Crippen LogP contribution in [-0.2, 0) is 6.42 Å². The van der Waals surface area contributed by atoms with Gasteiger partial charge < -0.3 is 10.6 Å². The second-order valence-electron chi connectivity index (χ2n) is 5.84. The van der Waals surface area contributed by atoms with Gasteiger partial charge in [0.05, 0.1) is 0 Å². The highest BCUT2D eigenvalue weighted by Gasteiger charge is 2.13. The quantitative estimate of drug-likeness (QED) is 0.822. The molecule has 0 aliphatic carbocycles. The molecule has 1 rings (SSSR count). The van der Waals surface area contributed by atoms with E-state index in [1.54, 1.807) is 6.07 Å². The Kier molecular flexibility index (Phi) is 6.46. The summed E-state index contributed by atoms with van der Waals surface area (Å²) in [6.45, 7) is 8.98. The molecule has 1 unspecified atom stereocenters. The van der Waals surface area contributed by atoms with Gasteiger partial charge in [-0.25, -0.2) is 4.39 Å². The molecule has 0 spiro atoms. The van der Waals surface area contributed by atoms with Crippen LogP contribution >= 0.6 is 0 Å². The van der Waals surface area contributed by atoms with Gasteiger partial charge in [-0.2, -0.15) is 0 Å².